The molecule has 1 rings (SSSR count). The number of carbonyl (C=O) groups excluding carboxylic acids is 1. The quantitative estimate of drug-likeness (QED) is 0.825. The van der Waals surface area contributed by atoms with E-state index in [1.54, 1.807) is 12.1 Å². The molecule has 0 aliphatic heterocycles. The van der Waals surface area contributed by atoms with Crippen LogP contribution in [0.5, 0.6) is 0 Å². The summed E-state index contributed by atoms with van der Waals surface area (Å²) in [5.41, 5.74) is 0.397. The van der Waals surface area contributed by atoms with Crippen LogP contribution in [0.15, 0.2) is 30.3 Å². The van der Waals surface area contributed by atoms with Crippen LogP contribution in [0.4, 0.5) is 0 Å². The highest BCUT2D eigenvalue weighted by molar-refractivity contribution is 5.89. The molecule has 0 saturated heterocycles. The fourth-order valence-electron chi connectivity index (χ4n) is 0.976. The second-order valence-corrected chi connectivity index (χ2v) is 4.08. The fourth-order valence-corrected chi connectivity index (χ4v) is 0.976. The average molecular weight is 244 g/mol. The highest BCUT2D eigenvalue weighted by atomic mass is 35.5. The fraction of sp³-hybridized carbons (Fsp3) is 0.417. The van der Waals surface area contributed by atoms with Gasteiger partial charge in [-0.2, -0.15) is 0 Å². The molecule has 0 aromatic heterocycles. The Morgan fingerprint density at radius 1 is 1.31 bits per heavy atom. The monoisotopic (exact) mass is 243 g/mol. The number of hydrogen-bond donors (Lipinski definition) is 1. The molecule has 1 N–H and O–H groups in total. The van der Waals surface area contributed by atoms with Gasteiger partial charge < -0.3 is 10.1 Å². The SMILES string of the molecule is CNC(C)(C)COC(=O)c1ccccc1.Cl. The summed E-state index contributed by atoms with van der Waals surface area (Å²) in [7, 11) is 1.84. The maximum Gasteiger partial charge on any atom is 0.338 e. The lowest BCUT2D eigenvalue weighted by molar-refractivity contribution is 0.0408. The van der Waals surface area contributed by atoms with Gasteiger partial charge in [0.1, 0.15) is 6.61 Å². The number of rotatable bonds is 4. The Labute approximate surface area is 103 Å². The van der Waals surface area contributed by atoms with Crippen LogP contribution in [0.2, 0.25) is 0 Å². The molecule has 0 spiro atoms. The minimum Gasteiger partial charge on any atom is -0.460 e. The van der Waals surface area contributed by atoms with E-state index in [4.69, 9.17) is 4.74 Å². The van der Waals surface area contributed by atoms with Gasteiger partial charge >= 0.3 is 5.97 Å². The van der Waals surface area contributed by atoms with Crippen LogP contribution in [-0.2, 0) is 4.74 Å². The molecule has 0 radical (unpaired) electrons. The van der Waals surface area contributed by atoms with Crippen molar-refractivity contribution in [1.29, 1.82) is 0 Å². The number of halogens is 1. The Bertz CT molecular complexity index is 325. The molecule has 0 aliphatic carbocycles. The topological polar surface area (TPSA) is 38.3 Å². The normalized spacial score (nSPS) is 10.4. The maximum absolute atomic E-state index is 11.6. The number of hydrogen-bond acceptors (Lipinski definition) is 3. The molecule has 0 unspecified atom stereocenters. The van der Waals surface area contributed by atoms with Gasteiger partial charge in [-0.05, 0) is 33.0 Å². The second-order valence-electron chi connectivity index (χ2n) is 4.08. The van der Waals surface area contributed by atoms with Crippen LogP contribution in [0.3, 0.4) is 0 Å². The zero-order valence-corrected chi connectivity index (χ0v) is 10.6. The smallest absolute Gasteiger partial charge is 0.338 e. The molecule has 4 heteroatoms. The van der Waals surface area contributed by atoms with Crippen molar-refractivity contribution >= 4 is 18.4 Å². The van der Waals surface area contributed by atoms with Crippen LogP contribution < -0.4 is 5.32 Å². The van der Waals surface area contributed by atoms with Gasteiger partial charge in [0.2, 0.25) is 0 Å². The standard InChI is InChI=1S/C12H17NO2.ClH/c1-12(2,13-3)9-15-11(14)10-7-5-4-6-8-10;/h4-8,13H,9H2,1-3H3;1H. The first-order chi connectivity index (χ1) is 7.05. The van der Waals surface area contributed by atoms with E-state index in [2.05, 4.69) is 5.32 Å². The molecule has 1 aromatic rings. The first-order valence-corrected chi connectivity index (χ1v) is 4.96. The second kappa shape index (κ2) is 6.51. The lowest BCUT2D eigenvalue weighted by Crippen LogP contribution is -2.41. The summed E-state index contributed by atoms with van der Waals surface area (Å²) in [6.45, 7) is 4.31. The van der Waals surface area contributed by atoms with E-state index < -0.39 is 0 Å². The molecule has 16 heavy (non-hydrogen) atoms. The molecule has 0 bridgehead atoms. The van der Waals surface area contributed by atoms with Gasteiger partial charge in [0.15, 0.2) is 0 Å². The zero-order valence-electron chi connectivity index (χ0n) is 9.82. The van der Waals surface area contributed by atoms with Crippen molar-refractivity contribution in [2.45, 2.75) is 19.4 Å². The number of ether oxygens (including phenoxy) is 1. The molecule has 0 aliphatic rings. The number of carbonyl (C=O) groups is 1. The minimum atomic E-state index is -0.279. The molecular formula is C12H18ClNO2. The summed E-state index contributed by atoms with van der Waals surface area (Å²) >= 11 is 0. The Hall–Kier alpha value is -1.06. The van der Waals surface area contributed by atoms with Crippen molar-refractivity contribution in [3.63, 3.8) is 0 Å². The first kappa shape index (κ1) is 14.9. The van der Waals surface area contributed by atoms with Gasteiger partial charge in [-0.3, -0.25) is 0 Å². The molecule has 0 amide bonds. The van der Waals surface area contributed by atoms with Crippen LogP contribution in [-0.4, -0.2) is 25.2 Å². The van der Waals surface area contributed by atoms with Crippen molar-refractivity contribution in [3.8, 4) is 0 Å². The molecule has 90 valence electrons. The van der Waals surface area contributed by atoms with Crippen molar-refractivity contribution in [3.05, 3.63) is 35.9 Å². The lowest BCUT2D eigenvalue weighted by Gasteiger charge is -2.23. The van der Waals surface area contributed by atoms with E-state index in [9.17, 15) is 4.79 Å². The summed E-state index contributed by atoms with van der Waals surface area (Å²) in [6, 6.07) is 9.00. The highest BCUT2D eigenvalue weighted by Crippen LogP contribution is 2.05. The first-order valence-electron chi connectivity index (χ1n) is 4.96. The van der Waals surface area contributed by atoms with Gasteiger partial charge in [-0.25, -0.2) is 4.79 Å². The minimum absolute atomic E-state index is 0. The van der Waals surface area contributed by atoms with Gasteiger partial charge in [-0.15, -0.1) is 12.4 Å². The van der Waals surface area contributed by atoms with E-state index in [1.807, 2.05) is 39.1 Å². The van der Waals surface area contributed by atoms with Crippen LogP contribution >= 0.6 is 12.4 Å². The number of benzene rings is 1. The van der Waals surface area contributed by atoms with Crippen molar-refractivity contribution in [1.82, 2.24) is 5.32 Å². The van der Waals surface area contributed by atoms with Gasteiger partial charge in [0, 0.05) is 5.54 Å². The van der Waals surface area contributed by atoms with Crippen LogP contribution in [0, 0.1) is 0 Å². The summed E-state index contributed by atoms with van der Waals surface area (Å²) in [5.74, 6) is -0.279. The molecule has 0 saturated carbocycles. The Morgan fingerprint density at radius 3 is 2.38 bits per heavy atom. The largest absolute Gasteiger partial charge is 0.460 e. The van der Waals surface area contributed by atoms with E-state index >= 15 is 0 Å². The third-order valence-corrected chi connectivity index (χ3v) is 2.25. The predicted molar refractivity (Wildman–Crippen MR) is 67.1 cm³/mol. The summed E-state index contributed by atoms with van der Waals surface area (Å²) in [4.78, 5) is 11.6. The van der Waals surface area contributed by atoms with Gasteiger partial charge in [-0.1, -0.05) is 18.2 Å². The number of likely N-dealkylation sites (N-methyl/N-ethyl adjacent to an activating group) is 1. The average Bonchev–Trinajstić information content (AvgIpc) is 2.27. The summed E-state index contributed by atoms with van der Waals surface area (Å²) in [5, 5.41) is 3.07. The summed E-state index contributed by atoms with van der Waals surface area (Å²) < 4.78 is 5.18. The van der Waals surface area contributed by atoms with Crippen LogP contribution in [0.1, 0.15) is 24.2 Å². The highest BCUT2D eigenvalue weighted by Gasteiger charge is 2.17. The van der Waals surface area contributed by atoms with Crippen molar-refractivity contribution in [2.24, 2.45) is 0 Å². The molecular weight excluding hydrogens is 226 g/mol. The van der Waals surface area contributed by atoms with Crippen molar-refractivity contribution in [2.75, 3.05) is 13.7 Å². The lowest BCUT2D eigenvalue weighted by atomic mass is 10.1. The number of nitrogens with one attached hydrogen (secondary N) is 1. The molecule has 3 nitrogen and oxygen atoms in total. The maximum atomic E-state index is 11.6. The van der Waals surface area contributed by atoms with E-state index in [0.717, 1.165) is 0 Å². The molecule has 0 atom stereocenters. The predicted octanol–water partition coefficient (Wildman–Crippen LogP) is 2.26. The molecule has 0 fully saturated rings. The Morgan fingerprint density at radius 2 is 1.88 bits per heavy atom. The molecule has 1 aromatic carbocycles. The van der Waals surface area contributed by atoms with E-state index in [1.165, 1.54) is 0 Å². The zero-order chi connectivity index (χ0) is 11.3. The van der Waals surface area contributed by atoms with E-state index in [0.29, 0.717) is 12.2 Å². The van der Waals surface area contributed by atoms with Gasteiger partial charge in [0.05, 0.1) is 5.56 Å². The third kappa shape index (κ3) is 4.64. The van der Waals surface area contributed by atoms with Crippen LogP contribution in [0.25, 0.3) is 0 Å². The number of esters is 1. The Balaban J connectivity index is 0.00000225. The molecule has 0 heterocycles. The van der Waals surface area contributed by atoms with Gasteiger partial charge in [0.25, 0.3) is 0 Å². The third-order valence-electron chi connectivity index (χ3n) is 2.25. The Kier molecular flexibility index (Phi) is 6.08. The van der Waals surface area contributed by atoms with Crippen molar-refractivity contribution < 1.29 is 9.53 Å². The van der Waals surface area contributed by atoms with E-state index in [-0.39, 0.29) is 23.9 Å². The summed E-state index contributed by atoms with van der Waals surface area (Å²) in [6.07, 6.45) is 0.